The Balaban J connectivity index is 2.73. The molecule has 0 bridgehead atoms. The van der Waals surface area contributed by atoms with Crippen LogP contribution in [0.2, 0.25) is 0 Å². The molecule has 0 saturated heterocycles. The normalized spacial score (nSPS) is 11.1. The highest BCUT2D eigenvalue weighted by atomic mass is 16.4. The zero-order chi connectivity index (χ0) is 11.4. The molecule has 1 rings (SSSR count). The molecular weight excluding hydrogens is 189 g/mol. The van der Waals surface area contributed by atoms with Gasteiger partial charge in [0.1, 0.15) is 0 Å². The molecule has 0 aliphatic heterocycles. The van der Waals surface area contributed by atoms with Crippen molar-refractivity contribution in [1.29, 1.82) is 0 Å². The Morgan fingerprint density at radius 1 is 1.33 bits per heavy atom. The molecule has 0 radical (unpaired) electrons. The SMILES string of the molecule is CC(C)N(C)Cc1cccc(B(O)O)c1. The van der Waals surface area contributed by atoms with E-state index in [4.69, 9.17) is 10.0 Å². The molecule has 3 nitrogen and oxygen atoms in total. The summed E-state index contributed by atoms with van der Waals surface area (Å²) in [7, 11) is 0.668. The molecule has 15 heavy (non-hydrogen) atoms. The van der Waals surface area contributed by atoms with Crippen LogP contribution in [0.1, 0.15) is 19.4 Å². The molecule has 0 amide bonds. The van der Waals surface area contributed by atoms with Crippen LogP contribution in [0.5, 0.6) is 0 Å². The number of hydrogen-bond acceptors (Lipinski definition) is 3. The maximum atomic E-state index is 9.03. The fraction of sp³-hybridized carbons (Fsp3) is 0.455. The van der Waals surface area contributed by atoms with E-state index < -0.39 is 7.12 Å². The lowest BCUT2D eigenvalue weighted by Crippen LogP contribution is -2.31. The Hall–Kier alpha value is -0.835. The maximum Gasteiger partial charge on any atom is 0.488 e. The van der Waals surface area contributed by atoms with Gasteiger partial charge in [0.2, 0.25) is 0 Å². The second kappa shape index (κ2) is 5.30. The quantitative estimate of drug-likeness (QED) is 0.693. The van der Waals surface area contributed by atoms with Crippen molar-refractivity contribution < 1.29 is 10.0 Å². The second-order valence-electron chi connectivity index (χ2n) is 4.13. The van der Waals surface area contributed by atoms with Crippen LogP contribution in [0.3, 0.4) is 0 Å². The van der Waals surface area contributed by atoms with Gasteiger partial charge >= 0.3 is 7.12 Å². The zero-order valence-corrected chi connectivity index (χ0v) is 9.51. The topological polar surface area (TPSA) is 43.7 Å². The van der Waals surface area contributed by atoms with Gasteiger partial charge in [0, 0.05) is 12.6 Å². The van der Waals surface area contributed by atoms with Gasteiger partial charge in [-0.2, -0.15) is 0 Å². The smallest absolute Gasteiger partial charge is 0.423 e. The Morgan fingerprint density at radius 3 is 2.53 bits per heavy atom. The molecule has 0 spiro atoms. The van der Waals surface area contributed by atoms with Crippen molar-refractivity contribution in [3.8, 4) is 0 Å². The molecule has 0 saturated carbocycles. The van der Waals surface area contributed by atoms with E-state index in [1.165, 1.54) is 0 Å². The average molecular weight is 207 g/mol. The molecule has 4 heteroatoms. The first-order chi connectivity index (χ1) is 7.00. The van der Waals surface area contributed by atoms with Crippen LogP contribution in [0.25, 0.3) is 0 Å². The lowest BCUT2D eigenvalue weighted by atomic mass is 9.79. The summed E-state index contributed by atoms with van der Waals surface area (Å²) in [5, 5.41) is 18.1. The van der Waals surface area contributed by atoms with Crippen LogP contribution in [0.4, 0.5) is 0 Å². The van der Waals surface area contributed by atoms with E-state index in [-0.39, 0.29) is 0 Å². The van der Waals surface area contributed by atoms with Crippen LogP contribution in [0, 0.1) is 0 Å². The first kappa shape index (κ1) is 12.2. The Bertz CT molecular complexity index is 315. The number of nitrogens with zero attached hydrogens (tertiary/aromatic N) is 1. The van der Waals surface area contributed by atoms with Crippen LogP contribution in [-0.2, 0) is 6.54 Å². The third-order valence-electron chi connectivity index (χ3n) is 2.56. The Morgan fingerprint density at radius 2 is 2.00 bits per heavy atom. The lowest BCUT2D eigenvalue weighted by molar-refractivity contribution is 0.266. The van der Waals surface area contributed by atoms with Crippen molar-refractivity contribution in [2.75, 3.05) is 7.05 Å². The van der Waals surface area contributed by atoms with Gasteiger partial charge in [-0.25, -0.2) is 0 Å². The minimum Gasteiger partial charge on any atom is -0.423 e. The van der Waals surface area contributed by atoms with E-state index in [2.05, 4.69) is 18.7 Å². The van der Waals surface area contributed by atoms with Gasteiger partial charge < -0.3 is 10.0 Å². The van der Waals surface area contributed by atoms with E-state index >= 15 is 0 Å². The summed E-state index contributed by atoms with van der Waals surface area (Å²) < 4.78 is 0. The standard InChI is InChI=1S/C11H18BNO2/c1-9(2)13(3)8-10-5-4-6-11(7-10)12(14)15/h4-7,9,14-15H,8H2,1-3H3. The van der Waals surface area contributed by atoms with E-state index in [9.17, 15) is 0 Å². The van der Waals surface area contributed by atoms with Gasteiger partial charge in [-0.05, 0) is 31.9 Å². The molecule has 0 unspecified atom stereocenters. The summed E-state index contributed by atoms with van der Waals surface area (Å²) in [6.07, 6.45) is 0. The predicted molar refractivity (Wildman–Crippen MR) is 62.9 cm³/mol. The molecule has 0 heterocycles. The molecule has 2 N–H and O–H groups in total. The van der Waals surface area contributed by atoms with Gasteiger partial charge in [-0.3, -0.25) is 4.90 Å². The van der Waals surface area contributed by atoms with Crippen molar-refractivity contribution in [3.63, 3.8) is 0 Å². The molecule has 82 valence electrons. The minimum absolute atomic E-state index is 0.479. The number of benzene rings is 1. The third kappa shape index (κ3) is 3.66. The van der Waals surface area contributed by atoms with E-state index in [1.807, 2.05) is 25.2 Å². The van der Waals surface area contributed by atoms with Crippen LogP contribution in [-0.4, -0.2) is 35.2 Å². The lowest BCUT2D eigenvalue weighted by Gasteiger charge is -2.21. The van der Waals surface area contributed by atoms with Gasteiger partial charge in [-0.15, -0.1) is 0 Å². The van der Waals surface area contributed by atoms with Crippen molar-refractivity contribution >= 4 is 12.6 Å². The highest BCUT2D eigenvalue weighted by Crippen LogP contribution is 2.04. The van der Waals surface area contributed by atoms with Gasteiger partial charge in [0.25, 0.3) is 0 Å². The van der Waals surface area contributed by atoms with Gasteiger partial charge in [0.15, 0.2) is 0 Å². The first-order valence-electron chi connectivity index (χ1n) is 5.16. The summed E-state index contributed by atoms with van der Waals surface area (Å²) >= 11 is 0. The third-order valence-corrected chi connectivity index (χ3v) is 2.56. The Labute approximate surface area is 91.5 Å². The average Bonchev–Trinajstić information content (AvgIpc) is 2.18. The predicted octanol–water partition coefficient (Wildman–Crippen LogP) is 0.207. The second-order valence-corrected chi connectivity index (χ2v) is 4.13. The molecular formula is C11H18BNO2. The van der Waals surface area contributed by atoms with Crippen molar-refractivity contribution in [1.82, 2.24) is 4.90 Å². The molecule has 0 aromatic heterocycles. The van der Waals surface area contributed by atoms with Crippen molar-refractivity contribution in [2.45, 2.75) is 26.4 Å². The number of rotatable bonds is 4. The largest absolute Gasteiger partial charge is 0.488 e. The van der Waals surface area contributed by atoms with Crippen LogP contribution >= 0.6 is 0 Å². The van der Waals surface area contributed by atoms with Crippen molar-refractivity contribution in [2.24, 2.45) is 0 Å². The minimum atomic E-state index is -1.38. The van der Waals surface area contributed by atoms with Crippen LogP contribution in [0.15, 0.2) is 24.3 Å². The number of hydrogen-bond donors (Lipinski definition) is 2. The maximum absolute atomic E-state index is 9.03. The monoisotopic (exact) mass is 207 g/mol. The first-order valence-corrected chi connectivity index (χ1v) is 5.16. The summed E-state index contributed by atoms with van der Waals surface area (Å²) in [5.74, 6) is 0. The van der Waals surface area contributed by atoms with Gasteiger partial charge in [0.05, 0.1) is 0 Å². The Kier molecular flexibility index (Phi) is 4.33. The van der Waals surface area contributed by atoms with Crippen LogP contribution < -0.4 is 5.46 Å². The fourth-order valence-corrected chi connectivity index (χ4v) is 1.32. The summed E-state index contributed by atoms with van der Waals surface area (Å²) in [5.41, 5.74) is 1.64. The molecule has 0 atom stereocenters. The van der Waals surface area contributed by atoms with E-state index in [0.29, 0.717) is 11.5 Å². The highest BCUT2D eigenvalue weighted by Gasteiger charge is 2.11. The van der Waals surface area contributed by atoms with E-state index in [1.54, 1.807) is 6.07 Å². The summed E-state index contributed by atoms with van der Waals surface area (Å²) in [6.45, 7) is 5.08. The summed E-state index contributed by atoms with van der Waals surface area (Å²) in [4.78, 5) is 2.20. The van der Waals surface area contributed by atoms with Gasteiger partial charge in [-0.1, -0.05) is 24.3 Å². The van der Waals surface area contributed by atoms with Crippen molar-refractivity contribution in [3.05, 3.63) is 29.8 Å². The molecule has 1 aromatic carbocycles. The molecule has 0 aliphatic rings. The molecule has 0 aliphatic carbocycles. The van der Waals surface area contributed by atoms with E-state index in [0.717, 1.165) is 12.1 Å². The molecule has 1 aromatic rings. The fourth-order valence-electron chi connectivity index (χ4n) is 1.32. The zero-order valence-electron chi connectivity index (χ0n) is 9.51. The summed E-state index contributed by atoms with van der Waals surface area (Å²) in [6, 6.07) is 7.85. The highest BCUT2D eigenvalue weighted by molar-refractivity contribution is 6.58. The molecule has 0 fully saturated rings.